The summed E-state index contributed by atoms with van der Waals surface area (Å²) in [4.78, 5) is 12.0. The third-order valence-corrected chi connectivity index (χ3v) is 4.46. The van der Waals surface area contributed by atoms with Crippen LogP contribution in [0.15, 0.2) is 22.7 Å². The van der Waals surface area contributed by atoms with Crippen LogP contribution in [-0.2, 0) is 4.79 Å². The number of carbonyl (C=O) groups is 1. The highest BCUT2D eigenvalue weighted by molar-refractivity contribution is 9.10. The van der Waals surface area contributed by atoms with Crippen LogP contribution in [0.4, 0.5) is 10.1 Å². The minimum atomic E-state index is -0.329. The maximum Gasteiger partial charge on any atom is 0.224 e. The van der Waals surface area contributed by atoms with Crippen LogP contribution in [0.2, 0.25) is 0 Å². The molecule has 2 unspecified atom stereocenters. The minimum absolute atomic E-state index is 0.0124. The molecule has 1 saturated heterocycles. The second-order valence-electron chi connectivity index (χ2n) is 5.46. The molecule has 2 rings (SSSR count). The Morgan fingerprint density at radius 2 is 2.40 bits per heavy atom. The lowest BCUT2D eigenvalue weighted by molar-refractivity contribution is -0.117. The predicted molar refractivity (Wildman–Crippen MR) is 82.1 cm³/mol. The third kappa shape index (κ3) is 4.28. The van der Waals surface area contributed by atoms with Gasteiger partial charge in [0.2, 0.25) is 5.91 Å². The van der Waals surface area contributed by atoms with Crippen molar-refractivity contribution in [2.24, 2.45) is 11.8 Å². The summed E-state index contributed by atoms with van der Waals surface area (Å²) in [6, 6.07) is 4.50. The van der Waals surface area contributed by atoms with Gasteiger partial charge >= 0.3 is 0 Å². The molecule has 0 aliphatic carbocycles. The van der Waals surface area contributed by atoms with E-state index in [0.29, 0.717) is 28.4 Å². The molecule has 1 aliphatic rings. The standard InChI is InChI=1S/C15H20BrFN2O/c1-10(11-3-2-6-18-9-11)7-15(20)19-12-4-5-14(17)13(16)8-12/h4-5,8,10-11,18H,2-3,6-7,9H2,1H3,(H,19,20). The van der Waals surface area contributed by atoms with E-state index in [9.17, 15) is 9.18 Å². The fraction of sp³-hybridized carbons (Fsp3) is 0.533. The van der Waals surface area contributed by atoms with Gasteiger partial charge in [0.1, 0.15) is 5.82 Å². The van der Waals surface area contributed by atoms with Gasteiger partial charge < -0.3 is 10.6 Å². The van der Waals surface area contributed by atoms with Gasteiger partial charge in [-0.2, -0.15) is 0 Å². The molecule has 3 nitrogen and oxygen atoms in total. The van der Waals surface area contributed by atoms with Crippen LogP contribution in [0.3, 0.4) is 0 Å². The van der Waals surface area contributed by atoms with Gasteiger partial charge in [-0.15, -0.1) is 0 Å². The fourth-order valence-corrected chi connectivity index (χ4v) is 2.99. The topological polar surface area (TPSA) is 41.1 Å². The summed E-state index contributed by atoms with van der Waals surface area (Å²) in [5.41, 5.74) is 0.622. The third-order valence-electron chi connectivity index (χ3n) is 3.85. The van der Waals surface area contributed by atoms with E-state index in [1.807, 2.05) is 0 Å². The number of carbonyl (C=O) groups excluding carboxylic acids is 1. The van der Waals surface area contributed by atoms with Crippen LogP contribution in [-0.4, -0.2) is 19.0 Å². The molecule has 1 amide bonds. The molecule has 20 heavy (non-hydrogen) atoms. The average Bonchev–Trinajstić information content (AvgIpc) is 2.44. The van der Waals surface area contributed by atoms with Crippen molar-refractivity contribution in [3.63, 3.8) is 0 Å². The summed E-state index contributed by atoms with van der Waals surface area (Å²) >= 11 is 3.11. The quantitative estimate of drug-likeness (QED) is 0.878. The maximum atomic E-state index is 13.1. The Morgan fingerprint density at radius 1 is 1.60 bits per heavy atom. The first kappa shape index (κ1) is 15.4. The summed E-state index contributed by atoms with van der Waals surface area (Å²) in [7, 11) is 0. The zero-order chi connectivity index (χ0) is 14.5. The minimum Gasteiger partial charge on any atom is -0.326 e. The summed E-state index contributed by atoms with van der Waals surface area (Å²) in [5, 5.41) is 6.20. The van der Waals surface area contributed by atoms with E-state index in [2.05, 4.69) is 33.5 Å². The molecule has 0 saturated carbocycles. The van der Waals surface area contributed by atoms with Crippen molar-refractivity contribution in [2.75, 3.05) is 18.4 Å². The number of hydrogen-bond acceptors (Lipinski definition) is 2. The van der Waals surface area contributed by atoms with Crippen LogP contribution in [0.5, 0.6) is 0 Å². The zero-order valence-electron chi connectivity index (χ0n) is 11.6. The Bertz CT molecular complexity index is 475. The van der Waals surface area contributed by atoms with Crippen LogP contribution < -0.4 is 10.6 Å². The Morgan fingerprint density at radius 3 is 3.05 bits per heavy atom. The Hall–Kier alpha value is -0.940. The van der Waals surface area contributed by atoms with Crippen molar-refractivity contribution in [1.82, 2.24) is 5.32 Å². The first-order valence-corrected chi connectivity index (χ1v) is 7.81. The number of nitrogens with one attached hydrogen (secondary N) is 2. The van der Waals surface area contributed by atoms with Crippen LogP contribution in [0, 0.1) is 17.7 Å². The molecule has 0 radical (unpaired) electrons. The number of piperidine rings is 1. The molecule has 0 aromatic heterocycles. The van der Waals surface area contributed by atoms with E-state index < -0.39 is 0 Å². The van der Waals surface area contributed by atoms with E-state index in [1.165, 1.54) is 18.9 Å². The van der Waals surface area contributed by atoms with Gasteiger partial charge in [0.05, 0.1) is 4.47 Å². The lowest BCUT2D eigenvalue weighted by atomic mass is 9.85. The van der Waals surface area contributed by atoms with E-state index >= 15 is 0 Å². The zero-order valence-corrected chi connectivity index (χ0v) is 13.2. The van der Waals surface area contributed by atoms with E-state index in [1.54, 1.807) is 12.1 Å². The lowest BCUT2D eigenvalue weighted by Gasteiger charge is -2.28. The number of amides is 1. The second-order valence-corrected chi connectivity index (χ2v) is 6.32. The number of halogens is 2. The molecule has 1 fully saturated rings. The molecule has 2 atom stereocenters. The normalized spacial score (nSPS) is 20.4. The van der Waals surface area contributed by atoms with Crippen molar-refractivity contribution >= 4 is 27.5 Å². The highest BCUT2D eigenvalue weighted by Crippen LogP contribution is 2.24. The number of anilines is 1. The molecule has 1 heterocycles. The van der Waals surface area contributed by atoms with Crippen molar-refractivity contribution in [3.8, 4) is 0 Å². The van der Waals surface area contributed by atoms with Gasteiger partial charge in [-0.1, -0.05) is 6.92 Å². The smallest absolute Gasteiger partial charge is 0.224 e. The molecule has 1 aromatic carbocycles. The van der Waals surface area contributed by atoms with Crippen molar-refractivity contribution in [3.05, 3.63) is 28.5 Å². The summed E-state index contributed by atoms with van der Waals surface area (Å²) in [5.74, 6) is 0.576. The number of hydrogen-bond donors (Lipinski definition) is 2. The number of benzene rings is 1. The molecule has 2 N–H and O–H groups in total. The van der Waals surface area contributed by atoms with Gasteiger partial charge in [0, 0.05) is 12.1 Å². The monoisotopic (exact) mass is 342 g/mol. The molecular weight excluding hydrogens is 323 g/mol. The summed E-state index contributed by atoms with van der Waals surface area (Å²) in [6.07, 6.45) is 2.87. The molecule has 1 aromatic rings. The van der Waals surface area contributed by atoms with Crippen molar-refractivity contribution < 1.29 is 9.18 Å². The van der Waals surface area contributed by atoms with Crippen LogP contribution in [0.25, 0.3) is 0 Å². The SMILES string of the molecule is CC(CC(=O)Nc1ccc(F)c(Br)c1)C1CCCNC1. The van der Waals surface area contributed by atoms with E-state index in [4.69, 9.17) is 0 Å². The van der Waals surface area contributed by atoms with Gasteiger partial charge in [0.25, 0.3) is 0 Å². The number of rotatable bonds is 4. The first-order chi connectivity index (χ1) is 9.56. The molecular formula is C15H20BrFN2O. The first-order valence-electron chi connectivity index (χ1n) is 7.02. The highest BCUT2D eigenvalue weighted by Gasteiger charge is 2.22. The highest BCUT2D eigenvalue weighted by atomic mass is 79.9. The van der Waals surface area contributed by atoms with Crippen molar-refractivity contribution in [1.29, 1.82) is 0 Å². The van der Waals surface area contributed by atoms with Crippen LogP contribution >= 0.6 is 15.9 Å². The van der Waals surface area contributed by atoms with Gasteiger partial charge in [-0.05, 0) is 71.9 Å². The van der Waals surface area contributed by atoms with Gasteiger partial charge in [-0.3, -0.25) is 4.79 Å². The molecule has 110 valence electrons. The Balaban J connectivity index is 1.86. The largest absolute Gasteiger partial charge is 0.326 e. The molecule has 5 heteroatoms. The van der Waals surface area contributed by atoms with Crippen molar-refractivity contribution in [2.45, 2.75) is 26.2 Å². The predicted octanol–water partition coefficient (Wildman–Crippen LogP) is 3.55. The second kappa shape index (κ2) is 7.18. The van der Waals surface area contributed by atoms with Gasteiger partial charge in [0.15, 0.2) is 0 Å². The Kier molecular flexibility index (Phi) is 5.54. The summed E-state index contributed by atoms with van der Waals surface area (Å²) < 4.78 is 13.5. The molecule has 1 aliphatic heterocycles. The fourth-order valence-electron chi connectivity index (χ4n) is 2.61. The average molecular weight is 343 g/mol. The lowest BCUT2D eigenvalue weighted by Crippen LogP contribution is -2.34. The van der Waals surface area contributed by atoms with Crippen LogP contribution in [0.1, 0.15) is 26.2 Å². The van der Waals surface area contributed by atoms with Gasteiger partial charge in [-0.25, -0.2) is 4.39 Å². The van der Waals surface area contributed by atoms with E-state index in [-0.39, 0.29) is 11.7 Å². The maximum absolute atomic E-state index is 13.1. The molecule has 0 bridgehead atoms. The summed E-state index contributed by atoms with van der Waals surface area (Å²) in [6.45, 7) is 4.20. The van der Waals surface area contributed by atoms with E-state index in [0.717, 1.165) is 13.1 Å². The Labute approximate surface area is 127 Å². The molecule has 0 spiro atoms.